The molecule has 0 fully saturated rings. The van der Waals surface area contributed by atoms with Crippen molar-refractivity contribution in [3.63, 3.8) is 0 Å². The predicted octanol–water partition coefficient (Wildman–Crippen LogP) is 3.55. The Hall–Kier alpha value is -0.580. The van der Waals surface area contributed by atoms with Gasteiger partial charge in [-0.2, -0.15) is 0 Å². The first-order chi connectivity index (χ1) is 7.70. The summed E-state index contributed by atoms with van der Waals surface area (Å²) in [5, 5.41) is 0. The summed E-state index contributed by atoms with van der Waals surface area (Å²) in [6.45, 7) is 5.90. The molecule has 0 atom stereocenters. The van der Waals surface area contributed by atoms with E-state index in [2.05, 4.69) is 36.4 Å². The second-order valence-electron chi connectivity index (χ2n) is 3.77. The minimum Gasteiger partial charge on any atom is -0.339 e. The molecule has 0 N–H and O–H groups in total. The molecule has 0 aliphatic rings. The fraction of sp³-hybridized carbons (Fsp3) is 0.462. The van der Waals surface area contributed by atoms with Gasteiger partial charge >= 0.3 is 0 Å². The van der Waals surface area contributed by atoms with Crippen LogP contribution in [-0.2, 0) is 0 Å². The Morgan fingerprint density at radius 1 is 1.19 bits per heavy atom. The minimum atomic E-state index is 0.161. The molecule has 1 aromatic carbocycles. The first-order valence-electron chi connectivity index (χ1n) is 5.74. The molecule has 0 heterocycles. The van der Waals surface area contributed by atoms with Gasteiger partial charge in [0, 0.05) is 16.7 Å². The van der Waals surface area contributed by atoms with E-state index in [-0.39, 0.29) is 5.91 Å². The first kappa shape index (κ1) is 13.5. The zero-order chi connectivity index (χ0) is 12.0. The Labute approximate surface area is 111 Å². The average molecular weight is 331 g/mol. The molecule has 1 amide bonds. The molecule has 0 saturated heterocycles. The molecular weight excluding hydrogens is 313 g/mol. The number of hydrogen-bond acceptors (Lipinski definition) is 1. The molecule has 0 saturated carbocycles. The fourth-order valence-electron chi connectivity index (χ4n) is 1.66. The van der Waals surface area contributed by atoms with Crippen molar-refractivity contribution in [3.05, 3.63) is 33.4 Å². The number of benzene rings is 1. The van der Waals surface area contributed by atoms with Crippen molar-refractivity contribution in [2.45, 2.75) is 26.7 Å². The molecule has 0 aromatic heterocycles. The van der Waals surface area contributed by atoms with Gasteiger partial charge in [0.15, 0.2) is 0 Å². The Kier molecular flexibility index (Phi) is 5.80. The van der Waals surface area contributed by atoms with Gasteiger partial charge < -0.3 is 4.90 Å². The average Bonchev–Trinajstić information content (AvgIpc) is 2.28. The van der Waals surface area contributed by atoms with Crippen molar-refractivity contribution in [1.82, 2.24) is 4.90 Å². The van der Waals surface area contributed by atoms with E-state index in [9.17, 15) is 4.79 Å². The highest BCUT2D eigenvalue weighted by Crippen LogP contribution is 2.14. The van der Waals surface area contributed by atoms with E-state index in [1.165, 1.54) is 0 Å². The van der Waals surface area contributed by atoms with Gasteiger partial charge in [-0.15, -0.1) is 0 Å². The smallest absolute Gasteiger partial charge is 0.254 e. The number of hydrogen-bond donors (Lipinski definition) is 0. The molecule has 0 aliphatic heterocycles. The van der Waals surface area contributed by atoms with Crippen LogP contribution in [0.15, 0.2) is 24.3 Å². The van der Waals surface area contributed by atoms with E-state index in [1.54, 1.807) is 0 Å². The second kappa shape index (κ2) is 6.89. The summed E-state index contributed by atoms with van der Waals surface area (Å²) >= 11 is 2.22. The molecule has 1 aromatic rings. The predicted molar refractivity (Wildman–Crippen MR) is 75.6 cm³/mol. The molecule has 0 radical (unpaired) electrons. The summed E-state index contributed by atoms with van der Waals surface area (Å²) in [5.41, 5.74) is 0.824. The van der Waals surface area contributed by atoms with Crippen LogP contribution in [0.1, 0.15) is 37.0 Å². The largest absolute Gasteiger partial charge is 0.339 e. The van der Waals surface area contributed by atoms with Gasteiger partial charge in [-0.05, 0) is 47.6 Å². The topological polar surface area (TPSA) is 20.3 Å². The monoisotopic (exact) mass is 331 g/mol. The van der Waals surface area contributed by atoms with Gasteiger partial charge in [0.2, 0.25) is 0 Å². The van der Waals surface area contributed by atoms with E-state index in [0.717, 1.165) is 35.1 Å². The molecule has 0 unspecified atom stereocenters. The van der Waals surface area contributed by atoms with Crippen molar-refractivity contribution in [3.8, 4) is 0 Å². The standard InChI is InChI=1S/C13H18INO/c1-3-9-15(10-4-2)13(16)11-7-5-6-8-12(11)14/h5-8H,3-4,9-10H2,1-2H3. The zero-order valence-corrected chi connectivity index (χ0v) is 12.0. The maximum atomic E-state index is 12.3. The summed E-state index contributed by atoms with van der Waals surface area (Å²) in [7, 11) is 0. The van der Waals surface area contributed by atoms with E-state index >= 15 is 0 Å². The van der Waals surface area contributed by atoms with Crippen LogP contribution in [0.5, 0.6) is 0 Å². The third-order valence-corrected chi connectivity index (χ3v) is 3.32. The summed E-state index contributed by atoms with van der Waals surface area (Å²) in [6.07, 6.45) is 2.02. The van der Waals surface area contributed by atoms with Gasteiger partial charge in [-0.3, -0.25) is 4.79 Å². The van der Waals surface area contributed by atoms with Crippen LogP contribution in [0.4, 0.5) is 0 Å². The number of rotatable bonds is 5. The van der Waals surface area contributed by atoms with E-state index in [4.69, 9.17) is 0 Å². The van der Waals surface area contributed by atoms with Crippen molar-refractivity contribution in [1.29, 1.82) is 0 Å². The summed E-state index contributed by atoms with van der Waals surface area (Å²) in [4.78, 5) is 14.2. The Bertz CT molecular complexity index is 346. The van der Waals surface area contributed by atoms with Crippen molar-refractivity contribution in [2.75, 3.05) is 13.1 Å². The molecule has 0 bridgehead atoms. The Balaban J connectivity index is 2.85. The van der Waals surface area contributed by atoms with Crippen LogP contribution in [0.25, 0.3) is 0 Å². The Morgan fingerprint density at radius 3 is 2.25 bits per heavy atom. The lowest BCUT2D eigenvalue weighted by atomic mass is 10.2. The first-order valence-corrected chi connectivity index (χ1v) is 6.82. The molecule has 0 spiro atoms. The van der Waals surface area contributed by atoms with Gasteiger partial charge in [0.05, 0.1) is 5.56 Å². The quantitative estimate of drug-likeness (QED) is 0.756. The van der Waals surface area contributed by atoms with Gasteiger partial charge in [-0.1, -0.05) is 26.0 Å². The lowest BCUT2D eigenvalue weighted by Gasteiger charge is -2.22. The molecule has 88 valence electrons. The SMILES string of the molecule is CCCN(CCC)C(=O)c1ccccc1I. The van der Waals surface area contributed by atoms with Gasteiger partial charge in [0.25, 0.3) is 5.91 Å². The molecular formula is C13H18INO. The third-order valence-electron chi connectivity index (χ3n) is 2.38. The summed E-state index contributed by atoms with van der Waals surface area (Å²) < 4.78 is 1.03. The van der Waals surface area contributed by atoms with Gasteiger partial charge in [-0.25, -0.2) is 0 Å². The number of amides is 1. The highest BCUT2D eigenvalue weighted by molar-refractivity contribution is 14.1. The van der Waals surface area contributed by atoms with Crippen LogP contribution in [0.2, 0.25) is 0 Å². The molecule has 1 rings (SSSR count). The molecule has 0 aliphatic carbocycles. The highest BCUT2D eigenvalue weighted by atomic mass is 127. The second-order valence-corrected chi connectivity index (χ2v) is 4.93. The lowest BCUT2D eigenvalue weighted by molar-refractivity contribution is 0.0754. The summed E-state index contributed by atoms with van der Waals surface area (Å²) in [6, 6.07) is 7.76. The number of nitrogens with zero attached hydrogens (tertiary/aromatic N) is 1. The van der Waals surface area contributed by atoms with Crippen LogP contribution >= 0.6 is 22.6 Å². The van der Waals surface area contributed by atoms with E-state index in [0.29, 0.717) is 0 Å². The fourth-order valence-corrected chi connectivity index (χ4v) is 2.28. The van der Waals surface area contributed by atoms with Crippen LogP contribution < -0.4 is 0 Å². The van der Waals surface area contributed by atoms with Crippen LogP contribution in [-0.4, -0.2) is 23.9 Å². The lowest BCUT2D eigenvalue weighted by Crippen LogP contribution is -2.32. The molecule has 16 heavy (non-hydrogen) atoms. The van der Waals surface area contributed by atoms with E-state index < -0.39 is 0 Å². The van der Waals surface area contributed by atoms with Crippen LogP contribution in [0, 0.1) is 3.57 Å². The highest BCUT2D eigenvalue weighted by Gasteiger charge is 2.15. The molecule has 2 nitrogen and oxygen atoms in total. The summed E-state index contributed by atoms with van der Waals surface area (Å²) in [5.74, 6) is 0.161. The van der Waals surface area contributed by atoms with Crippen molar-refractivity contribution < 1.29 is 4.79 Å². The number of carbonyl (C=O) groups is 1. The van der Waals surface area contributed by atoms with Crippen molar-refractivity contribution in [2.24, 2.45) is 0 Å². The van der Waals surface area contributed by atoms with Gasteiger partial charge in [0.1, 0.15) is 0 Å². The zero-order valence-electron chi connectivity index (χ0n) is 9.87. The van der Waals surface area contributed by atoms with Crippen LogP contribution in [0.3, 0.4) is 0 Å². The van der Waals surface area contributed by atoms with Crippen molar-refractivity contribution >= 4 is 28.5 Å². The maximum Gasteiger partial charge on any atom is 0.254 e. The Morgan fingerprint density at radius 2 is 1.75 bits per heavy atom. The minimum absolute atomic E-state index is 0.161. The van der Waals surface area contributed by atoms with E-state index in [1.807, 2.05) is 29.2 Å². The number of carbonyl (C=O) groups excluding carboxylic acids is 1. The molecule has 3 heteroatoms. The third kappa shape index (κ3) is 3.47. The number of halogens is 1. The maximum absolute atomic E-state index is 12.3. The normalized spacial score (nSPS) is 10.2.